The van der Waals surface area contributed by atoms with Crippen LogP contribution in [0.3, 0.4) is 0 Å². The molecule has 1 aliphatic carbocycles. The van der Waals surface area contributed by atoms with Gasteiger partial charge in [-0.15, -0.1) is 0 Å². The number of carbonyl (C=O) groups is 1. The molecule has 1 saturated heterocycles. The Morgan fingerprint density at radius 3 is 2.63 bits per heavy atom. The number of hydrogen-bond donors (Lipinski definition) is 1. The molecule has 8 heteroatoms. The first-order chi connectivity index (χ1) is 12.8. The summed E-state index contributed by atoms with van der Waals surface area (Å²) >= 11 is 0. The van der Waals surface area contributed by atoms with Gasteiger partial charge in [0.15, 0.2) is 0 Å². The highest BCUT2D eigenvalue weighted by molar-refractivity contribution is 7.89. The Hall–Kier alpha value is -2.35. The van der Waals surface area contributed by atoms with E-state index in [-0.39, 0.29) is 28.9 Å². The molecule has 3 atom stereocenters. The number of benzene rings is 1. The Bertz CT molecular complexity index is 861. The van der Waals surface area contributed by atoms with Crippen LogP contribution in [0.1, 0.15) is 25.8 Å². The Labute approximate surface area is 160 Å². The van der Waals surface area contributed by atoms with Gasteiger partial charge in [0.2, 0.25) is 0 Å². The molecule has 1 amide bonds. The zero-order chi connectivity index (χ0) is 19.6. The van der Waals surface area contributed by atoms with Crippen molar-refractivity contribution in [2.24, 2.45) is 16.9 Å². The second-order valence-corrected chi connectivity index (χ2v) is 8.65. The van der Waals surface area contributed by atoms with Crippen LogP contribution in [0.2, 0.25) is 0 Å². The second kappa shape index (κ2) is 7.72. The molecule has 0 radical (unpaired) electrons. The molecule has 1 aromatic carbocycles. The number of carbonyl (C=O) groups excluding carboxylic acids is 1. The summed E-state index contributed by atoms with van der Waals surface area (Å²) < 4.78 is 30.0. The molecule has 2 bridgehead atoms. The van der Waals surface area contributed by atoms with E-state index in [4.69, 9.17) is 4.74 Å². The number of hydrogen-bond acceptors (Lipinski definition) is 5. The normalized spacial score (nSPS) is 24.8. The van der Waals surface area contributed by atoms with Crippen molar-refractivity contribution in [2.45, 2.75) is 38.1 Å². The summed E-state index contributed by atoms with van der Waals surface area (Å²) in [6.45, 7) is 6.41. The summed E-state index contributed by atoms with van der Waals surface area (Å²) in [5.74, 6) is 0.183. The van der Waals surface area contributed by atoms with Crippen LogP contribution in [0.15, 0.2) is 46.4 Å². The van der Waals surface area contributed by atoms with E-state index < -0.39 is 10.0 Å². The maximum Gasteiger partial charge on any atom is 0.410 e. The van der Waals surface area contributed by atoms with E-state index in [9.17, 15) is 13.2 Å². The molecule has 4 rings (SSSR count). The number of piperidine rings is 1. The van der Waals surface area contributed by atoms with Gasteiger partial charge in [-0.2, -0.15) is 13.5 Å². The third-order valence-corrected chi connectivity index (χ3v) is 6.28. The molecule has 3 aliphatic rings. The first-order valence-corrected chi connectivity index (χ1v) is 10.5. The predicted molar refractivity (Wildman–Crippen MR) is 103 cm³/mol. The van der Waals surface area contributed by atoms with Gasteiger partial charge in [0, 0.05) is 18.2 Å². The molecule has 0 saturated carbocycles. The van der Waals surface area contributed by atoms with E-state index in [0.29, 0.717) is 18.9 Å². The van der Waals surface area contributed by atoms with Crippen molar-refractivity contribution in [3.05, 3.63) is 42.0 Å². The average Bonchev–Trinajstić information content (AvgIpc) is 2.67. The summed E-state index contributed by atoms with van der Waals surface area (Å²) in [5, 5.41) is 4.14. The molecule has 146 valence electrons. The third-order valence-electron chi connectivity index (χ3n) is 5.05. The van der Waals surface area contributed by atoms with Gasteiger partial charge in [0.05, 0.1) is 17.5 Å². The topological polar surface area (TPSA) is 88.1 Å². The molecule has 0 aromatic heterocycles. The zero-order valence-electron chi connectivity index (χ0n) is 15.8. The van der Waals surface area contributed by atoms with Crippen molar-refractivity contribution in [1.29, 1.82) is 0 Å². The largest absolute Gasteiger partial charge is 0.450 e. The van der Waals surface area contributed by atoms with E-state index in [0.717, 1.165) is 12.0 Å². The van der Waals surface area contributed by atoms with Crippen molar-refractivity contribution in [3.8, 4) is 0 Å². The maximum atomic E-state index is 12.4. The van der Waals surface area contributed by atoms with Crippen LogP contribution >= 0.6 is 0 Å². The minimum absolute atomic E-state index is 0.0427. The van der Waals surface area contributed by atoms with Gasteiger partial charge in [-0.25, -0.2) is 9.63 Å². The molecule has 1 fully saturated rings. The summed E-state index contributed by atoms with van der Waals surface area (Å²) in [6, 6.07) is 6.43. The van der Waals surface area contributed by atoms with Crippen molar-refractivity contribution >= 4 is 21.8 Å². The lowest BCUT2D eigenvalue weighted by atomic mass is 9.76. The molecule has 2 heterocycles. The molecule has 7 nitrogen and oxygen atoms in total. The Morgan fingerprint density at radius 2 is 2.00 bits per heavy atom. The van der Waals surface area contributed by atoms with Gasteiger partial charge in [-0.3, -0.25) is 0 Å². The van der Waals surface area contributed by atoms with Crippen molar-refractivity contribution < 1.29 is 17.9 Å². The van der Waals surface area contributed by atoms with Crippen LogP contribution in [0.5, 0.6) is 0 Å². The highest BCUT2D eigenvalue weighted by Gasteiger charge is 2.41. The minimum atomic E-state index is -3.72. The molecule has 1 N–H and O–H groups in total. The number of fused-ring (bicyclic) bond motifs is 2. The predicted octanol–water partition coefficient (Wildman–Crippen LogP) is 2.68. The first-order valence-electron chi connectivity index (χ1n) is 9.06. The van der Waals surface area contributed by atoms with E-state index in [1.807, 2.05) is 13.0 Å². The van der Waals surface area contributed by atoms with E-state index in [1.54, 1.807) is 43.0 Å². The number of ether oxygens (including phenoxy) is 1. The van der Waals surface area contributed by atoms with E-state index in [1.165, 1.54) is 0 Å². The lowest BCUT2D eigenvalue weighted by Crippen LogP contribution is -2.54. The van der Waals surface area contributed by atoms with E-state index >= 15 is 0 Å². The van der Waals surface area contributed by atoms with Crippen LogP contribution in [-0.4, -0.2) is 44.3 Å². The number of nitrogens with one attached hydrogen (secondary N) is 1. The number of hydrazone groups is 1. The van der Waals surface area contributed by atoms with Gasteiger partial charge in [0.1, 0.15) is 0 Å². The fourth-order valence-electron chi connectivity index (χ4n) is 3.59. The maximum absolute atomic E-state index is 12.4. The average molecular weight is 391 g/mol. The molecular weight excluding hydrogens is 366 g/mol. The second-order valence-electron chi connectivity index (χ2n) is 6.99. The molecular formula is C19H25N3O4S. The Kier molecular flexibility index (Phi) is 5.55. The van der Waals surface area contributed by atoms with Crippen molar-refractivity contribution in [1.82, 2.24) is 9.73 Å². The van der Waals surface area contributed by atoms with Gasteiger partial charge in [-0.1, -0.05) is 29.8 Å². The summed E-state index contributed by atoms with van der Waals surface area (Å²) in [6.07, 6.45) is 4.60. The van der Waals surface area contributed by atoms with Crippen molar-refractivity contribution in [2.75, 3.05) is 13.2 Å². The van der Waals surface area contributed by atoms with Gasteiger partial charge < -0.3 is 9.64 Å². The summed E-state index contributed by atoms with van der Waals surface area (Å²) in [5.41, 5.74) is 1.64. The van der Waals surface area contributed by atoms with Crippen LogP contribution in [-0.2, 0) is 14.8 Å². The number of aryl methyl sites for hydroxylation is 1. The fourth-order valence-corrected chi connectivity index (χ4v) is 4.45. The molecule has 0 spiro atoms. The standard InChI is InChI=1S/C19H25N3O4S/c1-4-26-19(23)22-12-15-7-10-18(22)17(11-15)14(3)20-21-27(24,25)16-8-5-13(2)6-9-16/h5-10,15,17-18,21H,4,11-12H2,1-3H3. The first kappa shape index (κ1) is 19.4. The van der Waals surface area contributed by atoms with E-state index in [2.05, 4.69) is 16.0 Å². The van der Waals surface area contributed by atoms with Crippen LogP contribution in [0, 0.1) is 18.8 Å². The number of rotatable bonds is 5. The highest BCUT2D eigenvalue weighted by atomic mass is 32.2. The van der Waals surface area contributed by atoms with Crippen LogP contribution in [0.25, 0.3) is 0 Å². The molecule has 1 aromatic rings. The molecule has 3 unspecified atom stereocenters. The summed E-state index contributed by atoms with van der Waals surface area (Å²) in [7, 11) is -3.72. The summed E-state index contributed by atoms with van der Waals surface area (Å²) in [4.78, 5) is 16.4. The van der Waals surface area contributed by atoms with Crippen molar-refractivity contribution in [3.63, 3.8) is 0 Å². The van der Waals surface area contributed by atoms with Gasteiger partial charge >= 0.3 is 6.09 Å². The quantitative estimate of drug-likeness (QED) is 0.475. The number of nitrogens with zero attached hydrogens (tertiary/aromatic N) is 2. The minimum Gasteiger partial charge on any atom is -0.450 e. The number of amides is 1. The number of sulfonamides is 1. The van der Waals surface area contributed by atoms with Crippen LogP contribution in [0.4, 0.5) is 4.79 Å². The third kappa shape index (κ3) is 4.16. The fraction of sp³-hybridized carbons (Fsp3) is 0.474. The van der Waals surface area contributed by atoms with Crippen LogP contribution < -0.4 is 4.83 Å². The Morgan fingerprint density at radius 1 is 1.30 bits per heavy atom. The highest BCUT2D eigenvalue weighted by Crippen LogP contribution is 2.35. The SMILES string of the molecule is CCOC(=O)N1CC2C=CC1C(C(C)=NNS(=O)(=O)c1ccc(C)cc1)C2. The van der Waals surface area contributed by atoms with Gasteiger partial charge in [0.25, 0.3) is 10.0 Å². The lowest BCUT2D eigenvalue weighted by Gasteiger charge is -2.45. The monoisotopic (exact) mass is 391 g/mol. The smallest absolute Gasteiger partial charge is 0.410 e. The lowest BCUT2D eigenvalue weighted by molar-refractivity contribution is 0.0642. The molecule has 2 aliphatic heterocycles. The zero-order valence-corrected chi connectivity index (χ0v) is 16.6. The van der Waals surface area contributed by atoms with Gasteiger partial charge in [-0.05, 0) is 45.2 Å². The Balaban J connectivity index is 1.75. The molecule has 27 heavy (non-hydrogen) atoms.